The van der Waals surface area contributed by atoms with Gasteiger partial charge in [-0.05, 0) is 31.5 Å². The predicted octanol–water partition coefficient (Wildman–Crippen LogP) is 2.59. The third kappa shape index (κ3) is 5.47. The first kappa shape index (κ1) is 19.8. The van der Waals surface area contributed by atoms with Crippen molar-refractivity contribution in [1.29, 1.82) is 0 Å². The molecule has 0 aromatic heterocycles. The number of fused-ring (bicyclic) bond motifs is 1. The first-order valence-corrected chi connectivity index (χ1v) is 10.9. The lowest BCUT2D eigenvalue weighted by atomic mass is 10.2. The molecule has 25 heavy (non-hydrogen) atoms. The fourth-order valence-electron chi connectivity index (χ4n) is 2.42. The average molecular weight is 385 g/mol. The minimum absolute atomic E-state index is 0.0249. The smallest absolute Gasteiger partial charge is 0.225 e. The van der Waals surface area contributed by atoms with E-state index < -0.39 is 9.84 Å². The van der Waals surface area contributed by atoms with E-state index in [1.54, 1.807) is 17.8 Å². The number of benzene rings is 1. The summed E-state index contributed by atoms with van der Waals surface area (Å²) in [6.45, 7) is 5.78. The number of amides is 2. The van der Waals surface area contributed by atoms with Gasteiger partial charge in [0.25, 0.3) is 0 Å². The van der Waals surface area contributed by atoms with E-state index in [1.165, 1.54) is 12.1 Å². The maximum atomic E-state index is 12.5. The molecule has 2 amide bonds. The molecule has 8 heteroatoms. The number of sulfone groups is 1. The summed E-state index contributed by atoms with van der Waals surface area (Å²) in [7, 11) is -3.60. The molecule has 0 saturated heterocycles. The van der Waals surface area contributed by atoms with E-state index in [9.17, 15) is 18.0 Å². The summed E-state index contributed by atoms with van der Waals surface area (Å²) in [6.07, 6.45) is 1.10. The quantitative estimate of drug-likeness (QED) is 0.786. The monoisotopic (exact) mass is 384 g/mol. The van der Waals surface area contributed by atoms with Crippen molar-refractivity contribution in [1.82, 2.24) is 5.32 Å². The zero-order valence-corrected chi connectivity index (χ0v) is 16.3. The van der Waals surface area contributed by atoms with Crippen molar-refractivity contribution in [2.24, 2.45) is 0 Å². The lowest BCUT2D eigenvalue weighted by Gasteiger charge is -2.12. The largest absolute Gasteiger partial charge is 0.354 e. The highest BCUT2D eigenvalue weighted by atomic mass is 32.2. The van der Waals surface area contributed by atoms with Gasteiger partial charge in [-0.15, -0.1) is 11.8 Å². The van der Waals surface area contributed by atoms with E-state index in [1.807, 2.05) is 20.8 Å². The van der Waals surface area contributed by atoms with Crippen molar-refractivity contribution >= 4 is 39.1 Å². The fourth-order valence-corrected chi connectivity index (χ4v) is 4.73. The Bertz CT molecular complexity index is 762. The fraction of sp³-hybridized carbons (Fsp3) is 0.529. The van der Waals surface area contributed by atoms with Crippen molar-refractivity contribution in [2.75, 3.05) is 11.1 Å². The van der Waals surface area contributed by atoms with E-state index in [4.69, 9.17) is 0 Å². The number of carbonyl (C=O) groups is 2. The van der Waals surface area contributed by atoms with Gasteiger partial charge in [0, 0.05) is 29.0 Å². The highest BCUT2D eigenvalue weighted by Crippen LogP contribution is 2.36. The van der Waals surface area contributed by atoms with Crippen LogP contribution in [0.15, 0.2) is 28.0 Å². The van der Waals surface area contributed by atoms with Crippen molar-refractivity contribution < 1.29 is 18.0 Å². The Morgan fingerprint density at radius 1 is 1.44 bits per heavy atom. The van der Waals surface area contributed by atoms with Crippen molar-refractivity contribution in [2.45, 2.75) is 61.1 Å². The summed E-state index contributed by atoms with van der Waals surface area (Å²) in [6, 6.07) is 4.77. The topological polar surface area (TPSA) is 92.3 Å². The van der Waals surface area contributed by atoms with Crippen LogP contribution in [0.1, 0.15) is 40.0 Å². The van der Waals surface area contributed by atoms with Gasteiger partial charge in [0.1, 0.15) is 0 Å². The van der Waals surface area contributed by atoms with E-state index in [2.05, 4.69) is 10.6 Å². The number of thioether (sulfide) groups is 1. The van der Waals surface area contributed by atoms with Crippen LogP contribution in [0.5, 0.6) is 0 Å². The molecule has 0 radical (unpaired) electrons. The van der Waals surface area contributed by atoms with E-state index in [-0.39, 0.29) is 40.2 Å². The Kier molecular flexibility index (Phi) is 6.51. The van der Waals surface area contributed by atoms with Gasteiger partial charge in [0.2, 0.25) is 11.8 Å². The number of nitrogens with one attached hydrogen (secondary N) is 2. The Balaban J connectivity index is 2.12. The molecule has 2 atom stereocenters. The minimum atomic E-state index is -3.60. The second-order valence-corrected chi connectivity index (χ2v) is 9.87. The Hall–Kier alpha value is -1.54. The molecule has 1 aliphatic heterocycles. The normalized spacial score (nSPS) is 18.7. The minimum Gasteiger partial charge on any atom is -0.354 e. The molecule has 1 aromatic carbocycles. The van der Waals surface area contributed by atoms with Crippen LogP contribution in [0.2, 0.25) is 0 Å². The molecule has 0 saturated carbocycles. The van der Waals surface area contributed by atoms with Crippen LogP contribution in [-0.2, 0) is 19.4 Å². The van der Waals surface area contributed by atoms with Gasteiger partial charge in [-0.1, -0.05) is 13.8 Å². The van der Waals surface area contributed by atoms with Crippen LogP contribution in [0, 0.1) is 0 Å². The number of rotatable bonds is 6. The third-order valence-electron chi connectivity index (χ3n) is 4.00. The zero-order valence-electron chi connectivity index (χ0n) is 14.7. The van der Waals surface area contributed by atoms with Crippen LogP contribution >= 0.6 is 11.8 Å². The van der Waals surface area contributed by atoms with Gasteiger partial charge in [0.05, 0.1) is 16.3 Å². The number of anilines is 1. The molecule has 1 aliphatic rings. The second kappa shape index (κ2) is 8.23. The summed E-state index contributed by atoms with van der Waals surface area (Å²) in [5, 5.41) is 5.65. The number of hydrogen-bond acceptors (Lipinski definition) is 5. The highest BCUT2D eigenvalue weighted by molar-refractivity contribution is 8.00. The van der Waals surface area contributed by atoms with Crippen LogP contribution in [0.25, 0.3) is 0 Å². The molecule has 0 unspecified atom stereocenters. The molecule has 2 N–H and O–H groups in total. The molecule has 0 aliphatic carbocycles. The van der Waals surface area contributed by atoms with E-state index in [0.29, 0.717) is 12.1 Å². The Morgan fingerprint density at radius 3 is 2.84 bits per heavy atom. The molecular weight excluding hydrogens is 360 g/mol. The molecule has 0 fully saturated rings. The Morgan fingerprint density at radius 2 is 2.16 bits per heavy atom. The molecule has 138 valence electrons. The lowest BCUT2D eigenvalue weighted by molar-refractivity contribution is -0.121. The summed E-state index contributed by atoms with van der Waals surface area (Å²) >= 11 is 1.54. The average Bonchev–Trinajstić information content (AvgIpc) is 2.68. The Labute approximate surface area is 153 Å². The van der Waals surface area contributed by atoms with Gasteiger partial charge in [-0.2, -0.15) is 0 Å². The van der Waals surface area contributed by atoms with Crippen LogP contribution in [-0.4, -0.2) is 37.3 Å². The molecule has 6 nitrogen and oxygen atoms in total. The van der Waals surface area contributed by atoms with Crippen molar-refractivity contribution in [3.05, 3.63) is 18.2 Å². The van der Waals surface area contributed by atoms with E-state index in [0.717, 1.165) is 11.3 Å². The highest BCUT2D eigenvalue weighted by Gasteiger charge is 2.23. The van der Waals surface area contributed by atoms with Crippen molar-refractivity contribution in [3.8, 4) is 0 Å². The van der Waals surface area contributed by atoms with Crippen LogP contribution < -0.4 is 10.6 Å². The number of hydrogen-bond donors (Lipinski definition) is 2. The molecule has 1 aromatic rings. The lowest BCUT2D eigenvalue weighted by Crippen LogP contribution is -2.33. The maximum absolute atomic E-state index is 12.5. The summed E-state index contributed by atoms with van der Waals surface area (Å²) in [4.78, 5) is 24.6. The maximum Gasteiger partial charge on any atom is 0.225 e. The second-order valence-electron chi connectivity index (χ2n) is 6.28. The van der Waals surface area contributed by atoms with Gasteiger partial charge < -0.3 is 10.6 Å². The van der Waals surface area contributed by atoms with Gasteiger partial charge in [-0.25, -0.2) is 8.42 Å². The molecule has 2 rings (SSSR count). The van der Waals surface area contributed by atoms with E-state index >= 15 is 0 Å². The number of carbonyl (C=O) groups excluding carboxylic acids is 2. The molecule has 0 bridgehead atoms. The zero-order chi connectivity index (χ0) is 18.6. The molecular formula is C17H24N2O4S2. The van der Waals surface area contributed by atoms with Crippen molar-refractivity contribution in [3.63, 3.8) is 0 Å². The predicted molar refractivity (Wildman–Crippen MR) is 99.6 cm³/mol. The summed E-state index contributed by atoms with van der Waals surface area (Å²) in [5.74, 6) is -0.655. The summed E-state index contributed by atoms with van der Waals surface area (Å²) < 4.78 is 25.0. The van der Waals surface area contributed by atoms with Gasteiger partial charge >= 0.3 is 0 Å². The standard InChI is InChI=1S/C17H24N2O4S2/c1-4-11(2)18-16(20)7-8-25(22,23)13-5-6-15-14(10-13)19-17(21)9-12(3)24-15/h5-6,10-12H,4,7-9H2,1-3H3,(H,18,20)(H,19,21)/t11-,12-/m0/s1. The molecule has 0 spiro atoms. The van der Waals surface area contributed by atoms with Gasteiger partial charge in [0.15, 0.2) is 9.84 Å². The van der Waals surface area contributed by atoms with Crippen LogP contribution in [0.4, 0.5) is 5.69 Å². The SMILES string of the molecule is CC[C@H](C)NC(=O)CCS(=O)(=O)c1ccc2c(c1)NC(=O)C[C@H](C)S2. The van der Waals surface area contributed by atoms with Crippen LogP contribution in [0.3, 0.4) is 0 Å². The van der Waals surface area contributed by atoms with Gasteiger partial charge in [-0.3, -0.25) is 9.59 Å². The first-order valence-electron chi connectivity index (χ1n) is 8.34. The third-order valence-corrected chi connectivity index (χ3v) is 6.90. The summed E-state index contributed by atoms with van der Waals surface area (Å²) in [5.41, 5.74) is 0.518. The first-order chi connectivity index (χ1) is 11.7. The molecule has 1 heterocycles.